The van der Waals surface area contributed by atoms with E-state index in [0.717, 1.165) is 16.1 Å². The molecule has 0 aliphatic rings. The van der Waals surface area contributed by atoms with Crippen molar-refractivity contribution >= 4 is 34.7 Å². The Morgan fingerprint density at radius 3 is 2.55 bits per heavy atom. The van der Waals surface area contributed by atoms with Crippen molar-refractivity contribution in [3.8, 4) is 0 Å². The van der Waals surface area contributed by atoms with Gasteiger partial charge in [0.1, 0.15) is 0 Å². The third-order valence-corrected chi connectivity index (χ3v) is 4.50. The number of halogens is 2. The highest BCUT2D eigenvalue weighted by molar-refractivity contribution is 7.05. The summed E-state index contributed by atoms with van der Waals surface area (Å²) in [7, 11) is 0. The summed E-state index contributed by atoms with van der Waals surface area (Å²) in [5, 5.41) is 15.6. The molecule has 108 valence electrons. The molecule has 0 bridgehead atoms. The Morgan fingerprint density at radius 1 is 1.25 bits per heavy atom. The number of rotatable bonds is 3. The van der Waals surface area contributed by atoms with Crippen molar-refractivity contribution in [3.63, 3.8) is 0 Å². The summed E-state index contributed by atoms with van der Waals surface area (Å²) in [6.45, 7) is 6.16. The summed E-state index contributed by atoms with van der Waals surface area (Å²) in [6, 6.07) is 5.38. The summed E-state index contributed by atoms with van der Waals surface area (Å²) in [5.74, 6) is 0. The summed E-state index contributed by atoms with van der Waals surface area (Å²) >= 11 is 13.1. The van der Waals surface area contributed by atoms with Gasteiger partial charge in [0, 0.05) is 11.8 Å². The van der Waals surface area contributed by atoms with Crippen molar-refractivity contribution in [2.24, 2.45) is 0 Å². The predicted octanol–water partition coefficient (Wildman–Crippen LogP) is 4.42. The Morgan fingerprint density at radius 2 is 1.95 bits per heavy atom. The van der Waals surface area contributed by atoms with E-state index in [4.69, 9.17) is 23.2 Å². The molecule has 1 unspecified atom stereocenters. The van der Waals surface area contributed by atoms with E-state index in [9.17, 15) is 5.11 Å². The molecular formula is C14H16Cl2N2OS. The lowest BCUT2D eigenvalue weighted by atomic mass is 9.89. The molecule has 3 nitrogen and oxygen atoms in total. The second kappa shape index (κ2) is 5.98. The minimum atomic E-state index is -0.638. The van der Waals surface area contributed by atoms with Crippen LogP contribution < -0.4 is 0 Å². The van der Waals surface area contributed by atoms with Gasteiger partial charge in [0.15, 0.2) is 0 Å². The lowest BCUT2D eigenvalue weighted by Crippen LogP contribution is -2.16. The van der Waals surface area contributed by atoms with Crippen LogP contribution in [0.3, 0.4) is 0 Å². The normalized spacial score (nSPS) is 13.5. The van der Waals surface area contributed by atoms with Gasteiger partial charge < -0.3 is 5.11 Å². The fraction of sp³-hybridized carbons (Fsp3) is 0.429. The van der Waals surface area contributed by atoms with Gasteiger partial charge in [-0.2, -0.15) is 0 Å². The molecule has 2 aromatic rings. The number of benzene rings is 1. The highest BCUT2D eigenvalue weighted by Crippen LogP contribution is 2.32. The molecule has 1 aromatic carbocycles. The lowest BCUT2D eigenvalue weighted by Gasteiger charge is -2.19. The number of aliphatic hydroxyl groups excluding tert-OH is 1. The molecular weight excluding hydrogens is 315 g/mol. The zero-order valence-corrected chi connectivity index (χ0v) is 13.9. The first-order valence-electron chi connectivity index (χ1n) is 6.23. The van der Waals surface area contributed by atoms with Crippen LogP contribution in [0, 0.1) is 0 Å². The molecule has 0 radical (unpaired) electrons. The highest BCUT2D eigenvalue weighted by atomic mass is 35.5. The number of aliphatic hydroxyl groups is 1. The molecule has 1 aromatic heterocycles. The zero-order chi connectivity index (χ0) is 14.9. The summed E-state index contributed by atoms with van der Waals surface area (Å²) in [4.78, 5) is 0.809. The first-order chi connectivity index (χ1) is 9.29. The van der Waals surface area contributed by atoms with Crippen molar-refractivity contribution in [2.45, 2.75) is 38.7 Å². The first-order valence-corrected chi connectivity index (χ1v) is 7.76. The Labute approximate surface area is 132 Å². The van der Waals surface area contributed by atoms with Crippen LogP contribution in [0.4, 0.5) is 0 Å². The Balaban J connectivity index is 2.22. The van der Waals surface area contributed by atoms with Crippen LogP contribution in [0.1, 0.15) is 43.0 Å². The van der Waals surface area contributed by atoms with Crippen LogP contribution in [0.5, 0.6) is 0 Å². The fourth-order valence-electron chi connectivity index (χ4n) is 1.92. The maximum Gasteiger partial charge on any atom is 0.0957 e. The van der Waals surface area contributed by atoms with E-state index in [-0.39, 0.29) is 5.41 Å². The van der Waals surface area contributed by atoms with Crippen molar-refractivity contribution < 1.29 is 5.11 Å². The van der Waals surface area contributed by atoms with Crippen LogP contribution in [0.25, 0.3) is 0 Å². The highest BCUT2D eigenvalue weighted by Gasteiger charge is 2.26. The van der Waals surface area contributed by atoms with Gasteiger partial charge >= 0.3 is 0 Å². The second-order valence-corrected chi connectivity index (χ2v) is 7.30. The number of aromatic nitrogens is 2. The van der Waals surface area contributed by atoms with Gasteiger partial charge in [-0.25, -0.2) is 0 Å². The fourth-order valence-corrected chi connectivity index (χ4v) is 3.09. The maximum absolute atomic E-state index is 10.4. The van der Waals surface area contributed by atoms with Gasteiger partial charge in [-0.1, -0.05) is 54.5 Å². The summed E-state index contributed by atoms with van der Waals surface area (Å²) in [5.41, 5.74) is 1.64. The molecule has 0 amide bonds. The molecule has 20 heavy (non-hydrogen) atoms. The van der Waals surface area contributed by atoms with Crippen molar-refractivity contribution in [1.82, 2.24) is 9.59 Å². The first kappa shape index (κ1) is 15.7. The molecule has 0 aliphatic carbocycles. The predicted molar refractivity (Wildman–Crippen MR) is 83.7 cm³/mol. The molecule has 0 saturated carbocycles. The van der Waals surface area contributed by atoms with E-state index in [1.54, 1.807) is 12.1 Å². The van der Waals surface area contributed by atoms with Crippen LogP contribution >= 0.6 is 34.7 Å². The van der Waals surface area contributed by atoms with Crippen molar-refractivity contribution in [2.75, 3.05) is 0 Å². The molecule has 0 spiro atoms. The number of hydrogen-bond acceptors (Lipinski definition) is 4. The average Bonchev–Trinajstić information content (AvgIpc) is 2.83. The Kier molecular flexibility index (Phi) is 4.69. The average molecular weight is 331 g/mol. The lowest BCUT2D eigenvalue weighted by molar-refractivity contribution is 0.179. The van der Waals surface area contributed by atoms with Gasteiger partial charge in [-0.05, 0) is 29.2 Å². The minimum absolute atomic E-state index is 0.138. The van der Waals surface area contributed by atoms with E-state index < -0.39 is 6.10 Å². The smallest absolute Gasteiger partial charge is 0.0957 e. The Hall–Kier alpha value is -0.680. The van der Waals surface area contributed by atoms with Crippen LogP contribution in [0.15, 0.2) is 18.2 Å². The summed E-state index contributed by atoms with van der Waals surface area (Å²) < 4.78 is 3.97. The molecule has 1 heterocycles. The van der Waals surface area contributed by atoms with Crippen LogP contribution in [0.2, 0.25) is 10.0 Å². The monoisotopic (exact) mass is 330 g/mol. The van der Waals surface area contributed by atoms with Gasteiger partial charge in [0.05, 0.1) is 26.7 Å². The molecule has 0 saturated heterocycles. The SMILES string of the molecule is CC(C)(C)c1nnsc1C(O)Cc1ccc(Cl)c(Cl)c1. The zero-order valence-electron chi connectivity index (χ0n) is 11.5. The van der Waals surface area contributed by atoms with E-state index in [1.165, 1.54) is 11.5 Å². The molecule has 6 heteroatoms. The van der Waals surface area contributed by atoms with Gasteiger partial charge in [-0.15, -0.1) is 5.10 Å². The standard InChI is InChI=1S/C14H16Cl2N2OS/c1-14(2,3)13-12(20-18-17-13)11(19)7-8-4-5-9(15)10(16)6-8/h4-6,11,19H,7H2,1-3H3. The molecule has 1 atom stereocenters. The molecule has 1 N–H and O–H groups in total. The third kappa shape index (κ3) is 3.50. The van der Waals surface area contributed by atoms with E-state index in [2.05, 4.69) is 30.4 Å². The third-order valence-electron chi connectivity index (χ3n) is 2.94. The summed E-state index contributed by atoms with van der Waals surface area (Å²) in [6.07, 6.45) is -0.175. The molecule has 0 fully saturated rings. The van der Waals surface area contributed by atoms with Gasteiger partial charge in [0.25, 0.3) is 0 Å². The van der Waals surface area contributed by atoms with E-state index >= 15 is 0 Å². The molecule has 2 rings (SSSR count). The van der Waals surface area contributed by atoms with Crippen molar-refractivity contribution in [1.29, 1.82) is 0 Å². The van der Waals surface area contributed by atoms with E-state index in [0.29, 0.717) is 16.5 Å². The van der Waals surface area contributed by atoms with E-state index in [1.807, 2.05) is 6.07 Å². The Bertz CT molecular complexity index is 607. The quantitative estimate of drug-likeness (QED) is 0.906. The maximum atomic E-state index is 10.4. The minimum Gasteiger partial charge on any atom is -0.387 e. The van der Waals surface area contributed by atoms with Crippen LogP contribution in [-0.4, -0.2) is 14.7 Å². The molecule has 0 aliphatic heterocycles. The van der Waals surface area contributed by atoms with Gasteiger partial charge in [0.2, 0.25) is 0 Å². The second-order valence-electron chi connectivity index (χ2n) is 5.70. The largest absolute Gasteiger partial charge is 0.387 e. The topological polar surface area (TPSA) is 46.0 Å². The number of nitrogens with zero attached hydrogens (tertiary/aromatic N) is 2. The van der Waals surface area contributed by atoms with Crippen molar-refractivity contribution in [3.05, 3.63) is 44.4 Å². The van der Waals surface area contributed by atoms with Gasteiger partial charge in [-0.3, -0.25) is 0 Å². The number of hydrogen-bond donors (Lipinski definition) is 1. The van der Waals surface area contributed by atoms with Crippen LogP contribution in [-0.2, 0) is 11.8 Å².